The second kappa shape index (κ2) is 13.8. The van der Waals surface area contributed by atoms with Gasteiger partial charge in [0.2, 0.25) is 17.7 Å². The molecule has 4 atom stereocenters. The van der Waals surface area contributed by atoms with E-state index in [4.69, 9.17) is 4.74 Å². The molecule has 11 heteroatoms. The summed E-state index contributed by atoms with van der Waals surface area (Å²) in [6.45, 7) is 5.99. The standard InChI is InChI=1S/C28H34F3N3O5/c1-6-21(18-10-8-7-9-11-18)26(37)32-17(4)25(36)34-23(19-12-14-20(39-5)15-13-19)27(38)33-22(16(2)3)24(35)28(29,30)31/h7-17,21-23H,6H2,1-5H3,(H,32,37)(H,33,38)(H,34,36)/t17-,21?,22-,23?/m0/s1. The van der Waals surface area contributed by atoms with Gasteiger partial charge in [-0.2, -0.15) is 13.2 Å². The van der Waals surface area contributed by atoms with Gasteiger partial charge in [-0.15, -0.1) is 0 Å². The molecular formula is C28H34F3N3O5. The van der Waals surface area contributed by atoms with Crippen LogP contribution in [0, 0.1) is 5.92 Å². The summed E-state index contributed by atoms with van der Waals surface area (Å²) in [5.74, 6) is -5.20. The van der Waals surface area contributed by atoms with Gasteiger partial charge in [-0.25, -0.2) is 0 Å². The smallest absolute Gasteiger partial charge is 0.452 e. The van der Waals surface area contributed by atoms with Crippen molar-refractivity contribution >= 4 is 23.5 Å². The zero-order chi connectivity index (χ0) is 29.3. The molecule has 8 nitrogen and oxygen atoms in total. The quantitative estimate of drug-likeness (QED) is 0.373. The van der Waals surface area contributed by atoms with E-state index >= 15 is 0 Å². The minimum Gasteiger partial charge on any atom is -0.497 e. The van der Waals surface area contributed by atoms with Gasteiger partial charge in [0, 0.05) is 0 Å². The molecule has 0 saturated carbocycles. The average Bonchev–Trinajstić information content (AvgIpc) is 2.90. The van der Waals surface area contributed by atoms with Gasteiger partial charge in [0.15, 0.2) is 0 Å². The Morgan fingerprint density at radius 1 is 0.795 bits per heavy atom. The minimum atomic E-state index is -5.16. The molecule has 39 heavy (non-hydrogen) atoms. The highest BCUT2D eigenvalue weighted by atomic mass is 19.4. The van der Waals surface area contributed by atoms with Crippen molar-refractivity contribution in [1.82, 2.24) is 16.0 Å². The van der Waals surface area contributed by atoms with E-state index in [1.165, 1.54) is 52.1 Å². The van der Waals surface area contributed by atoms with Gasteiger partial charge in [-0.1, -0.05) is 63.2 Å². The van der Waals surface area contributed by atoms with Crippen molar-refractivity contribution in [2.24, 2.45) is 5.92 Å². The molecule has 2 aromatic rings. The lowest BCUT2D eigenvalue weighted by atomic mass is 9.95. The van der Waals surface area contributed by atoms with Crippen LogP contribution in [0.5, 0.6) is 5.75 Å². The molecule has 212 valence electrons. The van der Waals surface area contributed by atoms with Gasteiger partial charge in [0.25, 0.3) is 5.78 Å². The topological polar surface area (TPSA) is 114 Å². The molecular weight excluding hydrogens is 515 g/mol. The third-order valence-corrected chi connectivity index (χ3v) is 6.20. The van der Waals surface area contributed by atoms with E-state index in [1.54, 1.807) is 24.3 Å². The monoisotopic (exact) mass is 549 g/mol. The number of carbonyl (C=O) groups excluding carboxylic acids is 4. The maximum Gasteiger partial charge on any atom is 0.452 e. The van der Waals surface area contributed by atoms with Crippen molar-refractivity contribution in [3.05, 3.63) is 65.7 Å². The lowest BCUT2D eigenvalue weighted by Gasteiger charge is -2.27. The summed E-state index contributed by atoms with van der Waals surface area (Å²) in [5, 5.41) is 7.27. The van der Waals surface area contributed by atoms with Crippen molar-refractivity contribution < 1.29 is 37.1 Å². The maximum atomic E-state index is 13.2. The Morgan fingerprint density at radius 3 is 1.87 bits per heavy atom. The van der Waals surface area contributed by atoms with Crippen LogP contribution in [-0.2, 0) is 19.2 Å². The fraction of sp³-hybridized carbons (Fsp3) is 0.429. The SMILES string of the molecule is CCC(C(=O)N[C@@H](C)C(=O)NC(C(=O)N[C@H](C(=O)C(F)(F)F)C(C)C)c1ccc(OC)cc1)c1ccccc1. The number of ketones is 1. The van der Waals surface area contributed by atoms with Crippen LogP contribution >= 0.6 is 0 Å². The Bertz CT molecular complexity index is 1140. The van der Waals surface area contributed by atoms with Gasteiger partial charge in [-0.3, -0.25) is 19.2 Å². The highest BCUT2D eigenvalue weighted by Gasteiger charge is 2.45. The molecule has 2 rings (SSSR count). The Hall–Kier alpha value is -3.89. The summed E-state index contributed by atoms with van der Waals surface area (Å²) in [6, 6.07) is 10.6. The molecule has 0 aliphatic heterocycles. The van der Waals surface area contributed by atoms with Crippen molar-refractivity contribution in [1.29, 1.82) is 0 Å². The van der Waals surface area contributed by atoms with Crippen molar-refractivity contribution in [2.45, 2.75) is 64.3 Å². The number of amides is 3. The van der Waals surface area contributed by atoms with Crippen molar-refractivity contribution in [2.75, 3.05) is 7.11 Å². The molecule has 0 aliphatic carbocycles. The second-order valence-electron chi connectivity index (χ2n) is 9.41. The zero-order valence-electron chi connectivity index (χ0n) is 22.5. The second-order valence-corrected chi connectivity index (χ2v) is 9.41. The third-order valence-electron chi connectivity index (χ3n) is 6.20. The van der Waals surface area contributed by atoms with E-state index in [9.17, 15) is 32.3 Å². The highest BCUT2D eigenvalue weighted by Crippen LogP contribution is 2.24. The van der Waals surface area contributed by atoms with Gasteiger partial charge in [0.05, 0.1) is 19.1 Å². The summed E-state index contributed by atoms with van der Waals surface area (Å²) in [6.07, 6.45) is -4.68. The lowest BCUT2D eigenvalue weighted by Crippen LogP contribution is -2.54. The Balaban J connectivity index is 2.27. The van der Waals surface area contributed by atoms with Gasteiger partial charge >= 0.3 is 6.18 Å². The first kappa shape index (κ1) is 31.3. The van der Waals surface area contributed by atoms with Crippen LogP contribution in [0.15, 0.2) is 54.6 Å². The molecule has 0 bridgehead atoms. The van der Waals surface area contributed by atoms with Crippen LogP contribution in [0.3, 0.4) is 0 Å². The molecule has 0 saturated heterocycles. The van der Waals surface area contributed by atoms with E-state index in [0.717, 1.165) is 5.56 Å². The molecule has 2 aromatic carbocycles. The number of rotatable bonds is 12. The molecule has 0 aliphatic rings. The molecule has 3 N–H and O–H groups in total. The summed E-state index contributed by atoms with van der Waals surface area (Å²) in [7, 11) is 1.43. The number of hydrogen-bond acceptors (Lipinski definition) is 5. The molecule has 0 aromatic heterocycles. The van der Waals surface area contributed by atoms with Crippen LogP contribution in [0.2, 0.25) is 0 Å². The van der Waals surface area contributed by atoms with E-state index in [2.05, 4.69) is 16.0 Å². The first-order valence-electron chi connectivity index (χ1n) is 12.5. The number of carbonyl (C=O) groups is 4. The van der Waals surface area contributed by atoms with E-state index < -0.39 is 59.6 Å². The number of nitrogens with one attached hydrogen (secondary N) is 3. The molecule has 3 amide bonds. The van der Waals surface area contributed by atoms with Gasteiger partial charge in [-0.05, 0) is 42.5 Å². The molecule has 0 heterocycles. The van der Waals surface area contributed by atoms with Gasteiger partial charge < -0.3 is 20.7 Å². The number of ether oxygens (including phenoxy) is 1. The number of alkyl halides is 3. The van der Waals surface area contributed by atoms with E-state index in [1.807, 2.05) is 13.0 Å². The van der Waals surface area contributed by atoms with Crippen LogP contribution < -0.4 is 20.7 Å². The number of hydrogen-bond donors (Lipinski definition) is 3. The zero-order valence-corrected chi connectivity index (χ0v) is 22.5. The van der Waals surface area contributed by atoms with Crippen molar-refractivity contribution in [3.63, 3.8) is 0 Å². The first-order valence-corrected chi connectivity index (χ1v) is 12.5. The normalized spacial score (nSPS) is 14.5. The van der Waals surface area contributed by atoms with Crippen LogP contribution in [0.25, 0.3) is 0 Å². The maximum absolute atomic E-state index is 13.2. The van der Waals surface area contributed by atoms with E-state index in [-0.39, 0.29) is 5.56 Å². The Morgan fingerprint density at radius 2 is 1.38 bits per heavy atom. The summed E-state index contributed by atoms with van der Waals surface area (Å²) < 4.78 is 44.5. The van der Waals surface area contributed by atoms with Gasteiger partial charge in [0.1, 0.15) is 17.8 Å². The Labute approximate surface area is 225 Å². The minimum absolute atomic E-state index is 0.234. The number of halogens is 3. The fourth-order valence-electron chi connectivity index (χ4n) is 3.95. The summed E-state index contributed by atoms with van der Waals surface area (Å²) >= 11 is 0. The van der Waals surface area contributed by atoms with E-state index in [0.29, 0.717) is 12.2 Å². The first-order chi connectivity index (χ1) is 18.3. The number of methoxy groups -OCH3 is 1. The third kappa shape index (κ3) is 8.56. The summed E-state index contributed by atoms with van der Waals surface area (Å²) in [5.41, 5.74) is 1.01. The largest absolute Gasteiger partial charge is 0.497 e. The molecule has 0 radical (unpaired) electrons. The number of benzene rings is 2. The van der Waals surface area contributed by atoms with Crippen LogP contribution in [0.4, 0.5) is 13.2 Å². The fourth-order valence-corrected chi connectivity index (χ4v) is 3.95. The predicted molar refractivity (Wildman–Crippen MR) is 139 cm³/mol. The average molecular weight is 550 g/mol. The highest BCUT2D eigenvalue weighted by molar-refractivity contribution is 5.97. The number of Topliss-reactive ketones (excluding diaryl/α,β-unsaturated/α-hetero) is 1. The Kier molecular flexibility index (Phi) is 11.1. The molecule has 0 spiro atoms. The van der Waals surface area contributed by atoms with Crippen molar-refractivity contribution in [3.8, 4) is 5.75 Å². The lowest BCUT2D eigenvalue weighted by molar-refractivity contribution is -0.175. The molecule has 0 fully saturated rings. The predicted octanol–water partition coefficient (Wildman–Crippen LogP) is 3.82. The molecule has 2 unspecified atom stereocenters. The summed E-state index contributed by atoms with van der Waals surface area (Å²) in [4.78, 5) is 51.1. The van der Waals surface area contributed by atoms with Crippen LogP contribution in [0.1, 0.15) is 57.2 Å². The van der Waals surface area contributed by atoms with Crippen LogP contribution in [-0.4, -0.2) is 48.9 Å².